The SMILES string of the molecule is CNc1ccc(-c2cc(C#N)nn2-c2ccc(F)cc2)cc1.Cl. The molecule has 116 valence electrons. The van der Waals surface area contributed by atoms with E-state index in [1.54, 1.807) is 22.9 Å². The average molecular weight is 329 g/mol. The molecule has 4 nitrogen and oxygen atoms in total. The molecule has 3 rings (SSSR count). The van der Waals surface area contributed by atoms with Crippen molar-refractivity contribution in [2.45, 2.75) is 0 Å². The van der Waals surface area contributed by atoms with Crippen LogP contribution in [0.4, 0.5) is 10.1 Å². The maximum absolute atomic E-state index is 13.1. The van der Waals surface area contributed by atoms with Gasteiger partial charge in [-0.05, 0) is 36.4 Å². The van der Waals surface area contributed by atoms with E-state index >= 15 is 0 Å². The number of nitriles is 1. The molecule has 2 aromatic carbocycles. The number of aromatic nitrogens is 2. The summed E-state index contributed by atoms with van der Waals surface area (Å²) in [7, 11) is 1.85. The van der Waals surface area contributed by atoms with Crippen LogP contribution in [0.1, 0.15) is 5.69 Å². The quantitative estimate of drug-likeness (QED) is 0.790. The first-order valence-electron chi connectivity index (χ1n) is 6.75. The number of rotatable bonds is 3. The Bertz CT molecular complexity index is 833. The molecule has 0 atom stereocenters. The lowest BCUT2D eigenvalue weighted by Crippen LogP contribution is -1.99. The second-order valence-corrected chi connectivity index (χ2v) is 4.74. The Hall–Kier alpha value is -2.84. The van der Waals surface area contributed by atoms with Crippen LogP contribution in [-0.2, 0) is 0 Å². The largest absolute Gasteiger partial charge is 0.388 e. The minimum atomic E-state index is -0.309. The summed E-state index contributed by atoms with van der Waals surface area (Å²) >= 11 is 0. The lowest BCUT2D eigenvalue weighted by molar-refractivity contribution is 0.627. The Morgan fingerprint density at radius 3 is 2.30 bits per heavy atom. The van der Waals surface area contributed by atoms with Crippen molar-refractivity contribution < 1.29 is 4.39 Å². The van der Waals surface area contributed by atoms with Crippen LogP contribution in [0.15, 0.2) is 54.6 Å². The molecular weight excluding hydrogens is 315 g/mol. The first-order chi connectivity index (χ1) is 10.7. The summed E-state index contributed by atoms with van der Waals surface area (Å²) in [6.07, 6.45) is 0. The maximum atomic E-state index is 13.1. The number of hydrogen-bond acceptors (Lipinski definition) is 3. The first kappa shape index (κ1) is 16.5. The molecule has 0 saturated carbocycles. The van der Waals surface area contributed by atoms with Crippen molar-refractivity contribution >= 4 is 18.1 Å². The van der Waals surface area contributed by atoms with E-state index in [4.69, 9.17) is 5.26 Å². The van der Waals surface area contributed by atoms with Gasteiger partial charge in [0.15, 0.2) is 5.69 Å². The zero-order valence-corrected chi connectivity index (χ0v) is 13.1. The predicted octanol–water partition coefficient (Wildman–Crippen LogP) is 4.01. The van der Waals surface area contributed by atoms with Crippen LogP contribution in [-0.4, -0.2) is 16.8 Å². The molecule has 0 spiro atoms. The molecule has 0 radical (unpaired) electrons. The van der Waals surface area contributed by atoms with Gasteiger partial charge in [-0.2, -0.15) is 10.4 Å². The van der Waals surface area contributed by atoms with Crippen molar-refractivity contribution in [2.75, 3.05) is 12.4 Å². The number of benzene rings is 2. The summed E-state index contributed by atoms with van der Waals surface area (Å²) in [4.78, 5) is 0. The average Bonchev–Trinajstić information content (AvgIpc) is 3.00. The van der Waals surface area contributed by atoms with Crippen molar-refractivity contribution in [2.24, 2.45) is 0 Å². The van der Waals surface area contributed by atoms with Gasteiger partial charge in [-0.25, -0.2) is 9.07 Å². The summed E-state index contributed by atoms with van der Waals surface area (Å²) in [5.41, 5.74) is 3.73. The van der Waals surface area contributed by atoms with Gasteiger partial charge in [-0.1, -0.05) is 12.1 Å². The van der Waals surface area contributed by atoms with E-state index in [-0.39, 0.29) is 18.2 Å². The molecule has 3 aromatic rings. The lowest BCUT2D eigenvalue weighted by atomic mass is 10.1. The minimum Gasteiger partial charge on any atom is -0.388 e. The van der Waals surface area contributed by atoms with E-state index in [2.05, 4.69) is 10.4 Å². The van der Waals surface area contributed by atoms with Gasteiger partial charge in [-0.15, -0.1) is 12.4 Å². The molecular formula is C17H14ClFN4. The van der Waals surface area contributed by atoms with E-state index in [0.717, 1.165) is 16.9 Å². The van der Waals surface area contributed by atoms with Crippen molar-refractivity contribution in [3.8, 4) is 23.0 Å². The third-order valence-electron chi connectivity index (χ3n) is 3.36. The number of nitrogens with zero attached hydrogens (tertiary/aromatic N) is 3. The molecule has 0 aliphatic rings. The third kappa shape index (κ3) is 3.33. The van der Waals surface area contributed by atoms with Gasteiger partial charge in [0, 0.05) is 24.4 Å². The molecule has 0 saturated heterocycles. The summed E-state index contributed by atoms with van der Waals surface area (Å²) in [6, 6.07) is 17.6. The lowest BCUT2D eigenvalue weighted by Gasteiger charge is -2.08. The molecule has 0 aliphatic carbocycles. The third-order valence-corrected chi connectivity index (χ3v) is 3.36. The Morgan fingerprint density at radius 2 is 1.74 bits per heavy atom. The Morgan fingerprint density at radius 1 is 1.09 bits per heavy atom. The van der Waals surface area contributed by atoms with Gasteiger partial charge in [-0.3, -0.25) is 0 Å². The summed E-state index contributed by atoms with van der Waals surface area (Å²) in [5.74, 6) is -0.309. The smallest absolute Gasteiger partial charge is 0.163 e. The van der Waals surface area contributed by atoms with E-state index in [1.807, 2.05) is 37.4 Å². The minimum absolute atomic E-state index is 0. The Labute approximate surface area is 139 Å². The highest BCUT2D eigenvalue weighted by molar-refractivity contribution is 5.85. The maximum Gasteiger partial charge on any atom is 0.163 e. The van der Waals surface area contributed by atoms with Crippen molar-refractivity contribution in [3.05, 3.63) is 66.1 Å². The van der Waals surface area contributed by atoms with Gasteiger partial charge in [0.25, 0.3) is 0 Å². The zero-order valence-electron chi connectivity index (χ0n) is 12.3. The topological polar surface area (TPSA) is 53.6 Å². The van der Waals surface area contributed by atoms with Crippen molar-refractivity contribution in [1.29, 1.82) is 5.26 Å². The number of hydrogen-bond donors (Lipinski definition) is 1. The molecule has 23 heavy (non-hydrogen) atoms. The van der Waals surface area contributed by atoms with Crippen LogP contribution in [0.25, 0.3) is 16.9 Å². The highest BCUT2D eigenvalue weighted by Crippen LogP contribution is 2.25. The zero-order chi connectivity index (χ0) is 15.5. The van der Waals surface area contributed by atoms with Gasteiger partial charge in [0.05, 0.1) is 11.4 Å². The van der Waals surface area contributed by atoms with E-state index in [0.29, 0.717) is 11.4 Å². The molecule has 1 heterocycles. The van der Waals surface area contributed by atoms with Gasteiger partial charge in [0.1, 0.15) is 11.9 Å². The number of nitrogens with one attached hydrogen (secondary N) is 1. The van der Waals surface area contributed by atoms with Crippen molar-refractivity contribution in [1.82, 2.24) is 9.78 Å². The van der Waals surface area contributed by atoms with Crippen LogP contribution in [0.3, 0.4) is 0 Å². The molecule has 0 aliphatic heterocycles. The predicted molar refractivity (Wildman–Crippen MR) is 90.5 cm³/mol. The van der Waals surface area contributed by atoms with Gasteiger partial charge in [0.2, 0.25) is 0 Å². The fourth-order valence-electron chi connectivity index (χ4n) is 2.23. The summed E-state index contributed by atoms with van der Waals surface area (Å²) < 4.78 is 14.7. The number of anilines is 1. The highest BCUT2D eigenvalue weighted by Gasteiger charge is 2.11. The molecule has 1 N–H and O–H groups in total. The normalized spacial score (nSPS) is 9.78. The van der Waals surface area contributed by atoms with E-state index in [9.17, 15) is 4.39 Å². The molecule has 6 heteroatoms. The van der Waals surface area contributed by atoms with E-state index < -0.39 is 0 Å². The van der Waals surface area contributed by atoms with Crippen LogP contribution in [0, 0.1) is 17.1 Å². The van der Waals surface area contributed by atoms with Crippen LogP contribution >= 0.6 is 12.4 Å². The summed E-state index contributed by atoms with van der Waals surface area (Å²) in [6.45, 7) is 0. The first-order valence-corrected chi connectivity index (χ1v) is 6.75. The molecule has 0 amide bonds. The molecule has 0 unspecified atom stereocenters. The molecule has 0 fully saturated rings. The van der Waals surface area contributed by atoms with Crippen molar-refractivity contribution in [3.63, 3.8) is 0 Å². The van der Waals surface area contributed by atoms with Gasteiger partial charge < -0.3 is 5.32 Å². The van der Waals surface area contributed by atoms with E-state index in [1.165, 1.54) is 12.1 Å². The Balaban J connectivity index is 0.00000192. The molecule has 0 bridgehead atoms. The highest BCUT2D eigenvalue weighted by atomic mass is 35.5. The second kappa shape index (κ2) is 6.95. The Kier molecular flexibility index (Phi) is 4.99. The van der Waals surface area contributed by atoms with Crippen LogP contribution < -0.4 is 5.32 Å². The van der Waals surface area contributed by atoms with Crippen LogP contribution in [0.2, 0.25) is 0 Å². The second-order valence-electron chi connectivity index (χ2n) is 4.74. The standard InChI is InChI=1S/C17H13FN4.ClH/c1-20-14-6-2-12(3-7-14)17-10-15(11-19)21-22(17)16-8-4-13(18)5-9-16;/h2-10,20H,1H3;1H. The fraction of sp³-hybridized carbons (Fsp3) is 0.0588. The van der Waals surface area contributed by atoms with Gasteiger partial charge >= 0.3 is 0 Å². The number of halogens is 2. The summed E-state index contributed by atoms with van der Waals surface area (Å²) in [5, 5.41) is 16.4. The van der Waals surface area contributed by atoms with Crippen LogP contribution in [0.5, 0.6) is 0 Å². The monoisotopic (exact) mass is 328 g/mol. The fourth-order valence-corrected chi connectivity index (χ4v) is 2.23. The molecule has 1 aromatic heterocycles.